The Morgan fingerprint density at radius 1 is 1.45 bits per heavy atom. The Balaban J connectivity index is 1.69. The van der Waals surface area contributed by atoms with E-state index in [0.717, 1.165) is 17.5 Å². The van der Waals surface area contributed by atoms with Gasteiger partial charge in [-0.1, -0.05) is 13.0 Å². The van der Waals surface area contributed by atoms with E-state index in [4.69, 9.17) is 4.42 Å². The molecule has 0 aliphatic carbocycles. The van der Waals surface area contributed by atoms with Crippen LogP contribution >= 0.6 is 0 Å². The number of hydrogen-bond acceptors (Lipinski definition) is 5. The third-order valence-corrected chi connectivity index (χ3v) is 5.45. The molecule has 2 aromatic rings. The monoisotopic (exact) mass is 294 g/mol. The largest absolute Gasteiger partial charge is 0.439 e. The molecular weight excluding hydrogens is 276 g/mol. The molecule has 5 nitrogen and oxygen atoms in total. The van der Waals surface area contributed by atoms with Crippen molar-refractivity contribution in [2.45, 2.75) is 32.4 Å². The fraction of sp³-hybridized carbons (Fsp3) is 0.500. The average Bonchev–Trinajstić information content (AvgIpc) is 2.98. The average molecular weight is 294 g/mol. The molecule has 108 valence electrons. The molecule has 6 heteroatoms. The van der Waals surface area contributed by atoms with Crippen LogP contribution in [0.25, 0.3) is 11.1 Å². The van der Waals surface area contributed by atoms with Gasteiger partial charge < -0.3 is 9.73 Å². The molecule has 20 heavy (non-hydrogen) atoms. The fourth-order valence-corrected chi connectivity index (χ4v) is 4.21. The molecule has 1 fully saturated rings. The predicted octanol–water partition coefficient (Wildman–Crippen LogP) is 1.67. The lowest BCUT2D eigenvalue weighted by atomic mass is 10.1. The summed E-state index contributed by atoms with van der Waals surface area (Å²) < 4.78 is 28.4. The summed E-state index contributed by atoms with van der Waals surface area (Å²) in [6.07, 6.45) is 1.64. The standard InChI is InChI=1S/C14H18N2O3S/c1-2-10-3-4-13-12(7-10)16-14(19-13)8-15-11-5-6-20(17,18)9-11/h3-4,7,11,15H,2,5-6,8-9H2,1H3. The number of nitrogens with zero attached hydrogens (tertiary/aromatic N) is 1. The van der Waals surface area contributed by atoms with Crippen LogP contribution in [-0.2, 0) is 22.8 Å². The predicted molar refractivity (Wildman–Crippen MR) is 77.3 cm³/mol. The second kappa shape index (κ2) is 5.18. The molecule has 0 amide bonds. The molecule has 0 saturated carbocycles. The highest BCUT2D eigenvalue weighted by molar-refractivity contribution is 7.91. The Labute approximate surface area is 118 Å². The summed E-state index contributed by atoms with van der Waals surface area (Å²) >= 11 is 0. The van der Waals surface area contributed by atoms with Crippen molar-refractivity contribution in [3.05, 3.63) is 29.7 Å². The van der Waals surface area contributed by atoms with Gasteiger partial charge in [0.15, 0.2) is 15.4 Å². The second-order valence-corrected chi connectivity index (χ2v) is 7.47. The maximum absolute atomic E-state index is 11.4. The van der Waals surface area contributed by atoms with Gasteiger partial charge in [-0.05, 0) is 30.5 Å². The van der Waals surface area contributed by atoms with Crippen LogP contribution in [0.2, 0.25) is 0 Å². The van der Waals surface area contributed by atoms with E-state index in [9.17, 15) is 8.42 Å². The Kier molecular flexibility index (Phi) is 3.52. The van der Waals surface area contributed by atoms with Crippen molar-refractivity contribution in [3.63, 3.8) is 0 Å². The lowest BCUT2D eigenvalue weighted by Crippen LogP contribution is -2.29. The number of sulfone groups is 1. The number of nitrogens with one attached hydrogen (secondary N) is 1. The Hall–Kier alpha value is -1.40. The first-order valence-electron chi connectivity index (χ1n) is 6.88. The first-order chi connectivity index (χ1) is 9.55. The second-order valence-electron chi connectivity index (χ2n) is 5.24. The number of aryl methyl sites for hydroxylation is 1. The number of oxazole rings is 1. The molecule has 1 aromatic carbocycles. The van der Waals surface area contributed by atoms with Gasteiger partial charge >= 0.3 is 0 Å². The molecule has 1 aliphatic heterocycles. The van der Waals surface area contributed by atoms with Crippen LogP contribution in [0.5, 0.6) is 0 Å². The molecule has 1 N–H and O–H groups in total. The van der Waals surface area contributed by atoms with Gasteiger partial charge in [-0.15, -0.1) is 0 Å². The van der Waals surface area contributed by atoms with Crippen molar-refractivity contribution >= 4 is 20.9 Å². The van der Waals surface area contributed by atoms with E-state index >= 15 is 0 Å². The Morgan fingerprint density at radius 2 is 2.30 bits per heavy atom. The molecule has 1 atom stereocenters. The quantitative estimate of drug-likeness (QED) is 0.928. The molecular formula is C14H18N2O3S. The summed E-state index contributed by atoms with van der Waals surface area (Å²) in [7, 11) is -2.85. The van der Waals surface area contributed by atoms with E-state index < -0.39 is 9.84 Å². The highest BCUT2D eigenvalue weighted by Gasteiger charge is 2.27. The van der Waals surface area contributed by atoms with Gasteiger partial charge in [-0.25, -0.2) is 13.4 Å². The summed E-state index contributed by atoms with van der Waals surface area (Å²) in [6.45, 7) is 2.57. The van der Waals surface area contributed by atoms with Crippen LogP contribution in [0.4, 0.5) is 0 Å². The van der Waals surface area contributed by atoms with E-state index in [0.29, 0.717) is 18.9 Å². The molecule has 1 aromatic heterocycles. The van der Waals surface area contributed by atoms with E-state index in [-0.39, 0.29) is 17.5 Å². The third kappa shape index (κ3) is 2.86. The van der Waals surface area contributed by atoms with Crippen LogP contribution in [0.15, 0.2) is 22.6 Å². The maximum Gasteiger partial charge on any atom is 0.209 e. The number of hydrogen-bond donors (Lipinski definition) is 1. The van der Waals surface area contributed by atoms with Gasteiger partial charge in [0.05, 0.1) is 18.1 Å². The maximum atomic E-state index is 11.4. The first kappa shape index (κ1) is 13.6. The van der Waals surface area contributed by atoms with Crippen molar-refractivity contribution in [2.24, 2.45) is 0 Å². The molecule has 1 saturated heterocycles. The number of aromatic nitrogens is 1. The number of rotatable bonds is 4. The summed E-state index contributed by atoms with van der Waals surface area (Å²) in [5.74, 6) is 1.10. The molecule has 1 unspecified atom stereocenters. The van der Waals surface area contributed by atoms with Gasteiger partial charge in [0.2, 0.25) is 5.89 Å². The zero-order valence-corrected chi connectivity index (χ0v) is 12.2. The van der Waals surface area contributed by atoms with Crippen molar-refractivity contribution in [1.29, 1.82) is 0 Å². The lowest BCUT2D eigenvalue weighted by Gasteiger charge is -2.07. The van der Waals surface area contributed by atoms with Gasteiger partial charge in [0, 0.05) is 6.04 Å². The van der Waals surface area contributed by atoms with Crippen molar-refractivity contribution in [1.82, 2.24) is 10.3 Å². The van der Waals surface area contributed by atoms with E-state index in [1.807, 2.05) is 18.2 Å². The van der Waals surface area contributed by atoms with Crippen molar-refractivity contribution in [2.75, 3.05) is 11.5 Å². The van der Waals surface area contributed by atoms with Crippen LogP contribution in [-0.4, -0.2) is 30.9 Å². The summed E-state index contributed by atoms with van der Waals surface area (Å²) in [6, 6.07) is 6.02. The highest BCUT2D eigenvalue weighted by atomic mass is 32.2. The van der Waals surface area contributed by atoms with Gasteiger partial charge in [-0.3, -0.25) is 0 Å². The molecule has 1 aliphatic rings. The minimum atomic E-state index is -2.85. The van der Waals surface area contributed by atoms with E-state index in [2.05, 4.69) is 17.2 Å². The summed E-state index contributed by atoms with van der Waals surface area (Å²) in [4.78, 5) is 4.44. The molecule has 0 spiro atoms. The Morgan fingerprint density at radius 3 is 3.00 bits per heavy atom. The molecule has 0 radical (unpaired) electrons. The SMILES string of the molecule is CCc1ccc2oc(CNC3CCS(=O)(=O)C3)nc2c1. The number of fused-ring (bicyclic) bond motifs is 1. The molecule has 3 rings (SSSR count). The minimum absolute atomic E-state index is 0.0150. The zero-order valence-electron chi connectivity index (χ0n) is 11.4. The van der Waals surface area contributed by atoms with Crippen LogP contribution < -0.4 is 5.32 Å². The van der Waals surface area contributed by atoms with Crippen LogP contribution in [0.1, 0.15) is 24.8 Å². The smallest absolute Gasteiger partial charge is 0.209 e. The van der Waals surface area contributed by atoms with Crippen LogP contribution in [0.3, 0.4) is 0 Å². The van der Waals surface area contributed by atoms with Gasteiger partial charge in [-0.2, -0.15) is 0 Å². The van der Waals surface area contributed by atoms with Gasteiger partial charge in [0.25, 0.3) is 0 Å². The highest BCUT2D eigenvalue weighted by Crippen LogP contribution is 2.18. The van der Waals surface area contributed by atoms with Crippen LogP contribution in [0, 0.1) is 0 Å². The topological polar surface area (TPSA) is 72.2 Å². The van der Waals surface area contributed by atoms with Crippen molar-refractivity contribution in [3.8, 4) is 0 Å². The van der Waals surface area contributed by atoms with E-state index in [1.54, 1.807) is 0 Å². The fourth-order valence-electron chi connectivity index (χ4n) is 2.50. The molecule has 0 bridgehead atoms. The zero-order chi connectivity index (χ0) is 14.2. The van der Waals surface area contributed by atoms with Gasteiger partial charge in [0.1, 0.15) is 5.52 Å². The summed E-state index contributed by atoms with van der Waals surface area (Å²) in [5, 5.41) is 3.21. The minimum Gasteiger partial charge on any atom is -0.439 e. The normalized spacial score (nSPS) is 21.6. The lowest BCUT2D eigenvalue weighted by molar-refractivity contribution is 0.463. The summed E-state index contributed by atoms with van der Waals surface area (Å²) in [5.41, 5.74) is 2.87. The molecule has 2 heterocycles. The Bertz CT molecular complexity index is 721. The first-order valence-corrected chi connectivity index (χ1v) is 8.70. The number of benzene rings is 1. The van der Waals surface area contributed by atoms with E-state index in [1.165, 1.54) is 5.56 Å². The third-order valence-electron chi connectivity index (χ3n) is 3.68. The van der Waals surface area contributed by atoms with Crippen molar-refractivity contribution < 1.29 is 12.8 Å².